The lowest BCUT2D eigenvalue weighted by Crippen LogP contribution is -2.25. The van der Waals surface area contributed by atoms with E-state index < -0.39 is 0 Å². The molecule has 3 aromatic rings. The van der Waals surface area contributed by atoms with Crippen molar-refractivity contribution in [2.75, 3.05) is 13.7 Å². The monoisotopic (exact) mass is 573 g/mol. The van der Waals surface area contributed by atoms with Crippen molar-refractivity contribution in [3.8, 4) is 11.5 Å². The van der Waals surface area contributed by atoms with Crippen molar-refractivity contribution < 1.29 is 9.47 Å². The minimum absolute atomic E-state index is 0.186. The lowest BCUT2D eigenvalue weighted by molar-refractivity contribution is 0.326. The molecular weight excluding hydrogens is 550 g/mol. The maximum atomic E-state index is 13.5. The van der Waals surface area contributed by atoms with Gasteiger partial charge in [-0.2, -0.15) is 9.78 Å². The van der Waals surface area contributed by atoms with Gasteiger partial charge in [0, 0.05) is 20.4 Å². The summed E-state index contributed by atoms with van der Waals surface area (Å²) in [6.45, 7) is 4.03. The highest BCUT2D eigenvalue weighted by atomic mass is 79.9. The lowest BCUT2D eigenvalue weighted by Gasteiger charge is -2.22. The van der Waals surface area contributed by atoms with Crippen LogP contribution in [0.3, 0.4) is 0 Å². The smallest absolute Gasteiger partial charge is 0.282 e. The Morgan fingerprint density at radius 1 is 1.18 bits per heavy atom. The summed E-state index contributed by atoms with van der Waals surface area (Å²) in [6, 6.07) is 9.28. The summed E-state index contributed by atoms with van der Waals surface area (Å²) in [5.41, 5.74) is 1.18. The van der Waals surface area contributed by atoms with Crippen molar-refractivity contribution in [1.82, 2.24) is 9.66 Å². The summed E-state index contributed by atoms with van der Waals surface area (Å²) in [5, 5.41) is 5.16. The average Bonchev–Trinajstić information content (AvgIpc) is 2.83. The fraction of sp³-hybridized carbons (Fsp3) is 0.320. The Hall–Kier alpha value is -2.45. The molecule has 1 fully saturated rings. The van der Waals surface area contributed by atoms with Gasteiger partial charge in [-0.1, -0.05) is 63.8 Å². The standard InChI is InChI=1S/C25H25Br2N3O3/c1-3-11-33-23-17(12-19(27)14-22(23)32-2)15-28-30-24(16-7-5-4-6-8-16)29-21-10-9-18(26)13-20(21)25(30)31/h3,9-10,12-16H,1,4-8,11H2,2H3. The quantitative estimate of drug-likeness (QED) is 0.241. The van der Waals surface area contributed by atoms with Gasteiger partial charge in [0.05, 0.1) is 24.2 Å². The van der Waals surface area contributed by atoms with Crippen LogP contribution in [0.5, 0.6) is 11.5 Å². The Morgan fingerprint density at radius 3 is 2.70 bits per heavy atom. The zero-order valence-electron chi connectivity index (χ0n) is 18.4. The molecule has 0 N–H and O–H groups in total. The van der Waals surface area contributed by atoms with Crippen molar-refractivity contribution in [3.63, 3.8) is 0 Å². The molecule has 6 nitrogen and oxygen atoms in total. The third kappa shape index (κ3) is 5.22. The summed E-state index contributed by atoms with van der Waals surface area (Å²) in [6.07, 6.45) is 8.78. The summed E-state index contributed by atoms with van der Waals surface area (Å²) >= 11 is 6.97. The number of rotatable bonds is 7. The number of halogens is 2. The molecule has 1 aromatic heterocycles. The normalized spacial score (nSPS) is 14.6. The van der Waals surface area contributed by atoms with Gasteiger partial charge in [0.15, 0.2) is 11.5 Å². The van der Waals surface area contributed by atoms with Crippen molar-refractivity contribution in [1.29, 1.82) is 0 Å². The van der Waals surface area contributed by atoms with Crippen LogP contribution in [0, 0.1) is 0 Å². The number of aromatic nitrogens is 2. The van der Waals surface area contributed by atoms with Crippen LogP contribution in [0.15, 0.2) is 61.8 Å². The third-order valence-electron chi connectivity index (χ3n) is 5.73. The second-order valence-corrected chi connectivity index (χ2v) is 9.79. The predicted molar refractivity (Wildman–Crippen MR) is 139 cm³/mol. The molecule has 8 heteroatoms. The van der Waals surface area contributed by atoms with E-state index in [0.29, 0.717) is 40.4 Å². The molecule has 0 aliphatic heterocycles. The number of nitrogens with zero attached hydrogens (tertiary/aromatic N) is 3. The summed E-state index contributed by atoms with van der Waals surface area (Å²) < 4.78 is 14.4. The zero-order valence-corrected chi connectivity index (χ0v) is 21.6. The van der Waals surface area contributed by atoms with Crippen LogP contribution in [0.4, 0.5) is 0 Å². The van der Waals surface area contributed by atoms with Gasteiger partial charge >= 0.3 is 0 Å². The van der Waals surface area contributed by atoms with Gasteiger partial charge in [-0.15, -0.1) is 0 Å². The first-order valence-corrected chi connectivity index (χ1v) is 12.5. The minimum Gasteiger partial charge on any atom is -0.493 e. The molecule has 33 heavy (non-hydrogen) atoms. The van der Waals surface area contributed by atoms with E-state index in [1.807, 2.05) is 24.3 Å². The molecule has 0 bridgehead atoms. The SMILES string of the molecule is C=CCOc1c(C=Nn2c(C3CCCCC3)nc3ccc(Br)cc3c2=O)cc(Br)cc1OC. The molecule has 0 radical (unpaired) electrons. The van der Waals surface area contributed by atoms with Crippen molar-refractivity contribution >= 4 is 49.0 Å². The Labute approximate surface area is 209 Å². The van der Waals surface area contributed by atoms with Crippen LogP contribution < -0.4 is 15.0 Å². The van der Waals surface area contributed by atoms with Crippen molar-refractivity contribution in [2.24, 2.45) is 5.10 Å². The number of hydrogen-bond donors (Lipinski definition) is 0. The van der Waals surface area contributed by atoms with Gasteiger partial charge in [0.25, 0.3) is 5.56 Å². The second-order valence-electron chi connectivity index (χ2n) is 7.95. The topological polar surface area (TPSA) is 65.7 Å². The first-order chi connectivity index (χ1) is 16.0. The molecule has 0 atom stereocenters. The molecule has 1 aliphatic carbocycles. The molecule has 0 saturated heterocycles. The van der Waals surface area contributed by atoms with E-state index in [1.54, 1.807) is 25.5 Å². The predicted octanol–water partition coefficient (Wildman–Crippen LogP) is 6.42. The highest BCUT2D eigenvalue weighted by Crippen LogP contribution is 2.35. The lowest BCUT2D eigenvalue weighted by atomic mass is 9.88. The molecule has 172 valence electrons. The number of fused-ring (bicyclic) bond motifs is 1. The van der Waals surface area contributed by atoms with E-state index in [0.717, 1.165) is 34.6 Å². The Kier molecular flexibility index (Phi) is 7.65. The summed E-state index contributed by atoms with van der Waals surface area (Å²) in [4.78, 5) is 18.4. The summed E-state index contributed by atoms with van der Waals surface area (Å²) in [5.74, 6) is 2.01. The Morgan fingerprint density at radius 2 is 1.97 bits per heavy atom. The van der Waals surface area contributed by atoms with Crippen LogP contribution in [0.25, 0.3) is 10.9 Å². The molecule has 0 unspecified atom stereocenters. The van der Waals surface area contributed by atoms with Crippen LogP contribution in [0.2, 0.25) is 0 Å². The molecule has 2 aromatic carbocycles. The van der Waals surface area contributed by atoms with E-state index in [2.05, 4.69) is 43.5 Å². The van der Waals surface area contributed by atoms with E-state index >= 15 is 0 Å². The van der Waals surface area contributed by atoms with Crippen molar-refractivity contribution in [2.45, 2.75) is 38.0 Å². The van der Waals surface area contributed by atoms with Gasteiger partial charge in [-0.05, 0) is 43.2 Å². The van der Waals surface area contributed by atoms with E-state index in [4.69, 9.17) is 14.5 Å². The highest BCUT2D eigenvalue weighted by molar-refractivity contribution is 9.10. The molecule has 1 aliphatic rings. The number of benzene rings is 2. The average molecular weight is 575 g/mol. The number of ether oxygens (including phenoxy) is 2. The third-order valence-corrected chi connectivity index (χ3v) is 6.68. The maximum absolute atomic E-state index is 13.5. The summed E-state index contributed by atoms with van der Waals surface area (Å²) in [7, 11) is 1.58. The molecular formula is C25H25Br2N3O3. The van der Waals surface area contributed by atoms with Gasteiger partial charge in [0.2, 0.25) is 0 Å². The Bertz CT molecular complexity index is 1260. The first-order valence-electron chi connectivity index (χ1n) is 10.9. The Balaban J connectivity index is 1.87. The van der Waals surface area contributed by atoms with E-state index in [9.17, 15) is 4.79 Å². The zero-order chi connectivity index (χ0) is 23.4. The molecule has 1 heterocycles. The minimum atomic E-state index is -0.186. The van der Waals surface area contributed by atoms with Gasteiger partial charge in [0.1, 0.15) is 12.4 Å². The molecule has 4 rings (SSSR count). The van der Waals surface area contributed by atoms with Gasteiger partial charge < -0.3 is 9.47 Å². The molecule has 0 amide bonds. The van der Waals surface area contributed by atoms with E-state index in [-0.39, 0.29) is 11.5 Å². The largest absolute Gasteiger partial charge is 0.493 e. The van der Waals surface area contributed by atoms with Crippen LogP contribution in [0.1, 0.15) is 49.4 Å². The van der Waals surface area contributed by atoms with Crippen LogP contribution in [-0.4, -0.2) is 29.6 Å². The van der Waals surface area contributed by atoms with Gasteiger partial charge in [-0.25, -0.2) is 4.98 Å². The molecule has 0 spiro atoms. The number of hydrogen-bond acceptors (Lipinski definition) is 5. The maximum Gasteiger partial charge on any atom is 0.282 e. The fourth-order valence-corrected chi connectivity index (χ4v) is 4.97. The van der Waals surface area contributed by atoms with Crippen LogP contribution >= 0.6 is 31.9 Å². The van der Waals surface area contributed by atoms with Crippen molar-refractivity contribution in [3.05, 3.63) is 73.7 Å². The first kappa shape index (κ1) is 23.7. The van der Waals surface area contributed by atoms with Crippen LogP contribution in [-0.2, 0) is 0 Å². The molecule has 1 saturated carbocycles. The second kappa shape index (κ2) is 10.7. The van der Waals surface area contributed by atoms with E-state index in [1.165, 1.54) is 11.1 Å². The number of methoxy groups -OCH3 is 1. The highest BCUT2D eigenvalue weighted by Gasteiger charge is 2.22. The van der Waals surface area contributed by atoms with Gasteiger partial charge in [-0.3, -0.25) is 4.79 Å². The fourth-order valence-electron chi connectivity index (χ4n) is 4.16.